The molecule has 1 aromatic heterocycles. The quantitative estimate of drug-likeness (QED) is 0.624. The molecular weight excluding hydrogens is 443 g/mol. The monoisotopic (exact) mass is 464 g/mol. The highest BCUT2D eigenvalue weighted by atomic mass is 35.5. The average molecular weight is 465 g/mol. The van der Waals surface area contributed by atoms with E-state index in [0.717, 1.165) is 0 Å². The van der Waals surface area contributed by atoms with E-state index in [1.54, 1.807) is 44.2 Å². The van der Waals surface area contributed by atoms with Crippen LogP contribution in [-0.4, -0.2) is 35.8 Å². The summed E-state index contributed by atoms with van der Waals surface area (Å²) in [6.45, 7) is 3.50. The molecule has 1 atom stereocenters. The van der Waals surface area contributed by atoms with Gasteiger partial charge in [0.05, 0.1) is 35.0 Å². The van der Waals surface area contributed by atoms with E-state index in [0.29, 0.717) is 32.6 Å². The smallest absolute Gasteiger partial charge is 0.336 e. The highest BCUT2D eigenvalue weighted by Gasteiger charge is 2.37. The van der Waals surface area contributed by atoms with Crippen LogP contribution in [0.4, 0.5) is 0 Å². The van der Waals surface area contributed by atoms with Gasteiger partial charge in [-0.05, 0) is 43.7 Å². The van der Waals surface area contributed by atoms with Crippen molar-refractivity contribution >= 4 is 41.0 Å². The van der Waals surface area contributed by atoms with Gasteiger partial charge in [-0.2, -0.15) is 0 Å². The largest absolute Gasteiger partial charge is 0.467 e. The van der Waals surface area contributed by atoms with Crippen LogP contribution < -0.4 is 5.32 Å². The number of furan rings is 1. The van der Waals surface area contributed by atoms with Crippen LogP contribution in [0.1, 0.15) is 37.5 Å². The number of amides is 2. The maximum absolute atomic E-state index is 12.9. The summed E-state index contributed by atoms with van der Waals surface area (Å²) in [5, 5.41) is 3.40. The Hall–Kier alpha value is -2.77. The number of carbonyl (C=O) groups excluding carboxylic acids is 3. The van der Waals surface area contributed by atoms with Crippen LogP contribution in [0.25, 0.3) is 0 Å². The maximum atomic E-state index is 12.9. The van der Waals surface area contributed by atoms with Crippen molar-refractivity contribution in [2.45, 2.75) is 32.7 Å². The zero-order chi connectivity index (χ0) is 22.5. The van der Waals surface area contributed by atoms with E-state index >= 15 is 0 Å². The van der Waals surface area contributed by atoms with E-state index in [1.807, 2.05) is 0 Å². The molecule has 1 aliphatic rings. The average Bonchev–Trinajstić information content (AvgIpc) is 3.25. The van der Waals surface area contributed by atoms with E-state index in [-0.39, 0.29) is 37.9 Å². The zero-order valence-electron chi connectivity index (χ0n) is 17.1. The van der Waals surface area contributed by atoms with Crippen LogP contribution >= 0.6 is 23.2 Å². The number of nitrogens with zero attached hydrogens (tertiary/aromatic N) is 1. The molecule has 2 aromatic rings. The Kier molecular flexibility index (Phi) is 7.41. The Morgan fingerprint density at radius 3 is 2.68 bits per heavy atom. The first-order valence-corrected chi connectivity index (χ1v) is 10.5. The lowest BCUT2D eigenvalue weighted by molar-refractivity contribution is -0.141. The van der Waals surface area contributed by atoms with Crippen LogP contribution in [0.15, 0.2) is 52.3 Å². The third-order valence-corrected chi connectivity index (χ3v) is 5.74. The van der Waals surface area contributed by atoms with Gasteiger partial charge in [-0.3, -0.25) is 9.59 Å². The maximum Gasteiger partial charge on any atom is 0.336 e. The summed E-state index contributed by atoms with van der Waals surface area (Å²) in [6, 6.07) is 8.44. The third-order valence-electron chi connectivity index (χ3n) is 5.01. The summed E-state index contributed by atoms with van der Waals surface area (Å²) in [5.41, 5.74) is 1.37. The predicted molar refractivity (Wildman–Crippen MR) is 115 cm³/mol. The number of carbonyl (C=O) groups is 3. The van der Waals surface area contributed by atoms with Crippen LogP contribution in [0, 0.1) is 0 Å². The van der Waals surface area contributed by atoms with Crippen LogP contribution in [-0.2, 0) is 25.7 Å². The van der Waals surface area contributed by atoms with Gasteiger partial charge >= 0.3 is 5.97 Å². The second-order valence-corrected chi connectivity index (χ2v) is 7.80. The fourth-order valence-corrected chi connectivity index (χ4v) is 3.80. The second-order valence-electron chi connectivity index (χ2n) is 6.99. The number of halogens is 2. The summed E-state index contributed by atoms with van der Waals surface area (Å²) in [7, 11) is 0. The molecule has 0 radical (unpaired) electrons. The van der Waals surface area contributed by atoms with Crippen molar-refractivity contribution in [1.82, 2.24) is 10.2 Å². The molecule has 0 aliphatic carbocycles. The minimum atomic E-state index is -0.552. The molecule has 0 bridgehead atoms. The molecule has 1 unspecified atom stereocenters. The van der Waals surface area contributed by atoms with Gasteiger partial charge in [0.2, 0.25) is 11.8 Å². The minimum Gasteiger partial charge on any atom is -0.467 e. The number of allylic oxidation sites excluding steroid dienone is 1. The number of hydrogen-bond acceptors (Lipinski definition) is 5. The van der Waals surface area contributed by atoms with Gasteiger partial charge in [-0.25, -0.2) is 4.79 Å². The SMILES string of the molecule is CCOC(=O)C1=C(C)N(CC(=O)NCc2ccco2)C(=O)CC1c1ccc(Cl)c(Cl)c1. The van der Waals surface area contributed by atoms with Gasteiger partial charge in [0.25, 0.3) is 0 Å². The second kappa shape index (κ2) is 10.0. The molecule has 1 aliphatic heterocycles. The molecule has 0 saturated heterocycles. The van der Waals surface area contributed by atoms with Gasteiger partial charge in [-0.1, -0.05) is 29.3 Å². The van der Waals surface area contributed by atoms with Crippen molar-refractivity contribution in [3.05, 3.63) is 69.2 Å². The summed E-state index contributed by atoms with van der Waals surface area (Å²) >= 11 is 12.2. The minimum absolute atomic E-state index is 0.00505. The molecule has 1 N–H and O–H groups in total. The van der Waals surface area contributed by atoms with Gasteiger partial charge < -0.3 is 19.4 Å². The number of ether oxygens (including phenoxy) is 1. The van der Waals surface area contributed by atoms with E-state index in [4.69, 9.17) is 32.4 Å². The van der Waals surface area contributed by atoms with E-state index in [2.05, 4.69) is 5.32 Å². The summed E-state index contributed by atoms with van der Waals surface area (Å²) in [4.78, 5) is 39.4. The summed E-state index contributed by atoms with van der Waals surface area (Å²) < 4.78 is 10.4. The Morgan fingerprint density at radius 2 is 2.03 bits per heavy atom. The van der Waals surface area contributed by atoms with E-state index in [9.17, 15) is 14.4 Å². The number of esters is 1. The lowest BCUT2D eigenvalue weighted by Gasteiger charge is -2.34. The third kappa shape index (κ3) is 5.29. The van der Waals surface area contributed by atoms with Crippen molar-refractivity contribution < 1.29 is 23.5 Å². The molecular formula is C22H22Cl2N2O5. The summed E-state index contributed by atoms with van der Waals surface area (Å²) in [6.07, 6.45) is 1.51. The van der Waals surface area contributed by atoms with Gasteiger partial charge in [0.1, 0.15) is 12.3 Å². The van der Waals surface area contributed by atoms with Crippen molar-refractivity contribution in [2.24, 2.45) is 0 Å². The van der Waals surface area contributed by atoms with Gasteiger partial charge in [0.15, 0.2) is 0 Å². The lowest BCUT2D eigenvalue weighted by atomic mass is 9.83. The number of rotatable bonds is 7. The van der Waals surface area contributed by atoms with Crippen molar-refractivity contribution in [3.63, 3.8) is 0 Å². The molecule has 7 nitrogen and oxygen atoms in total. The van der Waals surface area contributed by atoms with E-state index < -0.39 is 11.9 Å². The molecule has 0 saturated carbocycles. The highest BCUT2D eigenvalue weighted by molar-refractivity contribution is 6.42. The molecule has 0 fully saturated rings. The van der Waals surface area contributed by atoms with Crippen LogP contribution in [0.3, 0.4) is 0 Å². The molecule has 164 valence electrons. The van der Waals surface area contributed by atoms with Crippen molar-refractivity contribution in [2.75, 3.05) is 13.2 Å². The molecule has 31 heavy (non-hydrogen) atoms. The van der Waals surface area contributed by atoms with Crippen LogP contribution in [0.5, 0.6) is 0 Å². The first kappa shape index (κ1) is 22.9. The highest BCUT2D eigenvalue weighted by Crippen LogP contribution is 2.38. The first-order valence-electron chi connectivity index (χ1n) is 9.74. The van der Waals surface area contributed by atoms with Gasteiger partial charge in [-0.15, -0.1) is 0 Å². The molecule has 0 spiro atoms. The topological polar surface area (TPSA) is 88.8 Å². The lowest BCUT2D eigenvalue weighted by Crippen LogP contribution is -2.44. The van der Waals surface area contributed by atoms with Crippen molar-refractivity contribution in [3.8, 4) is 0 Å². The van der Waals surface area contributed by atoms with Gasteiger partial charge in [0, 0.05) is 18.0 Å². The zero-order valence-corrected chi connectivity index (χ0v) is 18.6. The Labute approximate surface area is 189 Å². The first-order chi connectivity index (χ1) is 14.8. The Morgan fingerprint density at radius 1 is 1.26 bits per heavy atom. The van der Waals surface area contributed by atoms with E-state index in [1.165, 1.54) is 11.2 Å². The number of hydrogen-bond donors (Lipinski definition) is 1. The van der Waals surface area contributed by atoms with Crippen molar-refractivity contribution in [1.29, 1.82) is 0 Å². The van der Waals surface area contributed by atoms with Crippen LogP contribution in [0.2, 0.25) is 10.0 Å². The number of benzene rings is 1. The summed E-state index contributed by atoms with van der Waals surface area (Å²) in [5.74, 6) is -1.15. The molecule has 2 amide bonds. The Bertz CT molecular complexity index is 1020. The molecule has 9 heteroatoms. The molecule has 1 aromatic carbocycles. The normalized spacial score (nSPS) is 16.5. The standard InChI is InChI=1S/C22H22Cl2N2O5/c1-3-30-22(29)21-13(2)26(12-19(27)25-11-15-5-4-8-31-15)20(28)10-16(21)14-6-7-17(23)18(24)9-14/h4-9,16H,3,10-12H2,1-2H3,(H,25,27). The fourth-order valence-electron chi connectivity index (χ4n) is 3.49. The number of nitrogens with one attached hydrogen (secondary N) is 1. The molecule has 2 heterocycles. The predicted octanol–water partition coefficient (Wildman–Crippen LogP) is 4.06. The molecule has 3 rings (SSSR count). The Balaban J connectivity index is 1.87. The fraction of sp³-hybridized carbons (Fsp3) is 0.318.